The Bertz CT molecular complexity index is 1090. The molecule has 4 atom stereocenters. The van der Waals surface area contributed by atoms with E-state index in [0.717, 1.165) is 19.4 Å². The van der Waals surface area contributed by atoms with Gasteiger partial charge in [-0.3, -0.25) is 14.5 Å². The molecule has 3 aliphatic rings. The van der Waals surface area contributed by atoms with E-state index in [2.05, 4.69) is 53.4 Å². The fraction of sp³-hybridized carbons (Fsp3) is 0.286. The zero-order valence-corrected chi connectivity index (χ0v) is 17.9. The van der Waals surface area contributed by atoms with Crippen molar-refractivity contribution in [2.75, 3.05) is 11.4 Å². The average molecular weight is 423 g/mol. The van der Waals surface area contributed by atoms with Gasteiger partial charge >= 0.3 is 0 Å². The number of nitrogens with zero attached hydrogens (tertiary/aromatic N) is 2. The van der Waals surface area contributed by atoms with Crippen LogP contribution in [0.25, 0.3) is 0 Å². The Morgan fingerprint density at radius 2 is 1.22 bits per heavy atom. The Kier molecular flexibility index (Phi) is 4.69. The highest BCUT2D eigenvalue weighted by Crippen LogP contribution is 2.52. The van der Waals surface area contributed by atoms with Gasteiger partial charge in [0.1, 0.15) is 0 Å². The smallest absolute Gasteiger partial charge is 0.239 e. The highest BCUT2D eigenvalue weighted by Gasteiger charge is 2.64. The molecule has 3 fully saturated rings. The van der Waals surface area contributed by atoms with E-state index in [9.17, 15) is 9.59 Å². The number of amides is 2. The highest BCUT2D eigenvalue weighted by molar-refractivity contribution is 6.23. The summed E-state index contributed by atoms with van der Waals surface area (Å²) in [5, 5.41) is 0. The zero-order chi connectivity index (χ0) is 21.7. The third-order valence-electron chi connectivity index (χ3n) is 7.58. The first-order valence-electron chi connectivity index (χ1n) is 11.5. The van der Waals surface area contributed by atoms with Crippen LogP contribution in [-0.4, -0.2) is 35.3 Å². The van der Waals surface area contributed by atoms with Crippen LogP contribution in [0.4, 0.5) is 5.69 Å². The molecule has 32 heavy (non-hydrogen) atoms. The summed E-state index contributed by atoms with van der Waals surface area (Å²) in [6.45, 7) is 0.949. The van der Waals surface area contributed by atoms with Crippen molar-refractivity contribution in [2.45, 2.75) is 30.8 Å². The maximum atomic E-state index is 13.9. The second kappa shape index (κ2) is 7.72. The molecule has 0 saturated carbocycles. The Labute approximate surface area is 188 Å². The van der Waals surface area contributed by atoms with Gasteiger partial charge in [-0.15, -0.1) is 0 Å². The first-order chi connectivity index (χ1) is 15.8. The van der Waals surface area contributed by atoms with Gasteiger partial charge in [0, 0.05) is 18.0 Å². The van der Waals surface area contributed by atoms with E-state index in [4.69, 9.17) is 0 Å². The number of carbonyl (C=O) groups is 2. The lowest BCUT2D eigenvalue weighted by Gasteiger charge is -2.35. The van der Waals surface area contributed by atoms with Crippen LogP contribution < -0.4 is 4.90 Å². The summed E-state index contributed by atoms with van der Waals surface area (Å²) in [5.74, 6) is -0.600. The average Bonchev–Trinajstić information content (AvgIpc) is 3.49. The minimum absolute atomic E-state index is 0.0227. The molecule has 3 saturated heterocycles. The summed E-state index contributed by atoms with van der Waals surface area (Å²) in [7, 11) is 0. The van der Waals surface area contributed by atoms with Crippen molar-refractivity contribution >= 4 is 17.5 Å². The van der Waals surface area contributed by atoms with Crippen LogP contribution in [0.15, 0.2) is 91.0 Å². The van der Waals surface area contributed by atoms with Gasteiger partial charge in [-0.2, -0.15) is 0 Å². The van der Waals surface area contributed by atoms with Crippen LogP contribution in [0.5, 0.6) is 0 Å². The molecule has 0 unspecified atom stereocenters. The van der Waals surface area contributed by atoms with Gasteiger partial charge in [-0.05, 0) is 42.6 Å². The number of para-hydroxylation sites is 1. The number of hydrogen-bond acceptors (Lipinski definition) is 3. The Hall–Kier alpha value is -3.24. The molecule has 6 rings (SSSR count). The second-order valence-corrected chi connectivity index (χ2v) is 9.14. The number of carbonyl (C=O) groups excluding carboxylic acids is 2. The number of rotatable bonds is 4. The maximum absolute atomic E-state index is 13.9. The van der Waals surface area contributed by atoms with Crippen molar-refractivity contribution in [3.8, 4) is 0 Å². The van der Waals surface area contributed by atoms with Gasteiger partial charge in [-0.25, -0.2) is 4.90 Å². The van der Waals surface area contributed by atoms with Crippen LogP contribution in [-0.2, 0) is 9.59 Å². The lowest BCUT2D eigenvalue weighted by molar-refractivity contribution is -0.123. The lowest BCUT2D eigenvalue weighted by atomic mass is 9.77. The van der Waals surface area contributed by atoms with Crippen LogP contribution in [0.3, 0.4) is 0 Å². The Balaban J connectivity index is 1.49. The quantitative estimate of drug-likeness (QED) is 0.583. The summed E-state index contributed by atoms with van der Waals surface area (Å²) >= 11 is 0. The molecule has 160 valence electrons. The van der Waals surface area contributed by atoms with E-state index in [0.29, 0.717) is 5.69 Å². The van der Waals surface area contributed by atoms with Gasteiger partial charge in [0.2, 0.25) is 11.8 Å². The van der Waals surface area contributed by atoms with Crippen LogP contribution in [0.1, 0.15) is 29.9 Å². The maximum Gasteiger partial charge on any atom is 0.239 e. The monoisotopic (exact) mass is 422 g/mol. The Morgan fingerprint density at radius 1 is 0.688 bits per heavy atom. The number of hydrogen-bond donors (Lipinski definition) is 0. The van der Waals surface area contributed by atoms with Crippen molar-refractivity contribution in [3.63, 3.8) is 0 Å². The van der Waals surface area contributed by atoms with E-state index in [1.54, 1.807) is 0 Å². The van der Waals surface area contributed by atoms with Crippen molar-refractivity contribution in [1.29, 1.82) is 0 Å². The SMILES string of the molecule is O=C1[C@@H]2[C@H](C(=O)N1c1ccccc1)[C@@H](C(c1ccccc1)c1ccccc1)N1CCC[C@@H]21. The predicted molar refractivity (Wildman–Crippen MR) is 124 cm³/mol. The van der Waals surface area contributed by atoms with E-state index in [-0.39, 0.29) is 41.7 Å². The number of fused-ring (bicyclic) bond motifs is 3. The third kappa shape index (κ3) is 2.86. The topological polar surface area (TPSA) is 40.6 Å². The molecule has 4 heteroatoms. The van der Waals surface area contributed by atoms with E-state index >= 15 is 0 Å². The summed E-state index contributed by atoms with van der Waals surface area (Å²) in [6.07, 6.45) is 2.06. The van der Waals surface area contributed by atoms with Gasteiger partial charge in [-0.1, -0.05) is 78.9 Å². The fourth-order valence-electron chi connectivity index (χ4n) is 6.39. The molecule has 0 radical (unpaired) electrons. The first-order valence-corrected chi connectivity index (χ1v) is 11.5. The Morgan fingerprint density at radius 3 is 1.81 bits per heavy atom. The zero-order valence-electron chi connectivity index (χ0n) is 17.9. The minimum atomic E-state index is -0.321. The molecule has 3 aliphatic heterocycles. The number of imide groups is 1. The molecule has 2 amide bonds. The summed E-state index contributed by atoms with van der Waals surface area (Å²) in [4.78, 5) is 31.5. The van der Waals surface area contributed by atoms with Gasteiger partial charge in [0.15, 0.2) is 0 Å². The van der Waals surface area contributed by atoms with Crippen LogP contribution >= 0.6 is 0 Å². The van der Waals surface area contributed by atoms with Crippen molar-refractivity contribution in [2.24, 2.45) is 11.8 Å². The molecule has 0 spiro atoms. The van der Waals surface area contributed by atoms with Gasteiger partial charge < -0.3 is 0 Å². The normalized spacial score (nSPS) is 27.2. The van der Waals surface area contributed by atoms with Crippen molar-refractivity contribution in [3.05, 3.63) is 102 Å². The molecule has 4 nitrogen and oxygen atoms in total. The standard InChI is InChI=1S/C28H26N2O2/c31-27-24-22-17-10-18-29(22)26(25(24)28(32)30(27)21-15-8-3-9-16-21)23(19-11-4-1-5-12-19)20-13-6-2-7-14-20/h1-9,11-16,22-26H,10,17-18H2/t22-,24-,25-,26+/m0/s1. The lowest BCUT2D eigenvalue weighted by Crippen LogP contribution is -2.45. The summed E-state index contributed by atoms with van der Waals surface area (Å²) in [5.41, 5.74) is 3.10. The summed E-state index contributed by atoms with van der Waals surface area (Å²) < 4.78 is 0. The van der Waals surface area contributed by atoms with E-state index in [1.807, 2.05) is 42.5 Å². The highest BCUT2D eigenvalue weighted by atomic mass is 16.2. The molecular formula is C28H26N2O2. The molecule has 0 bridgehead atoms. The summed E-state index contributed by atoms with van der Waals surface area (Å²) in [6, 6.07) is 30.5. The van der Waals surface area contributed by atoms with Crippen LogP contribution in [0, 0.1) is 11.8 Å². The number of benzene rings is 3. The van der Waals surface area contributed by atoms with Gasteiger partial charge in [0.25, 0.3) is 0 Å². The first kappa shape index (κ1) is 19.4. The van der Waals surface area contributed by atoms with Crippen LogP contribution in [0.2, 0.25) is 0 Å². The number of anilines is 1. The molecule has 0 aromatic heterocycles. The minimum Gasteiger partial charge on any atom is -0.295 e. The second-order valence-electron chi connectivity index (χ2n) is 9.14. The van der Waals surface area contributed by atoms with Gasteiger partial charge in [0.05, 0.1) is 17.5 Å². The molecule has 3 aromatic carbocycles. The van der Waals surface area contributed by atoms with Crippen molar-refractivity contribution < 1.29 is 9.59 Å². The molecule has 0 aliphatic carbocycles. The van der Waals surface area contributed by atoms with Crippen molar-refractivity contribution in [1.82, 2.24) is 4.90 Å². The third-order valence-corrected chi connectivity index (χ3v) is 7.58. The largest absolute Gasteiger partial charge is 0.295 e. The molecule has 3 heterocycles. The van der Waals surface area contributed by atoms with E-state index in [1.165, 1.54) is 16.0 Å². The van der Waals surface area contributed by atoms with E-state index < -0.39 is 0 Å². The predicted octanol–water partition coefficient (Wildman–Crippen LogP) is 4.47. The fourth-order valence-corrected chi connectivity index (χ4v) is 6.39. The molecule has 3 aromatic rings. The molecular weight excluding hydrogens is 396 g/mol. The molecule has 0 N–H and O–H groups in total.